The van der Waals surface area contributed by atoms with Crippen molar-refractivity contribution in [1.29, 1.82) is 0 Å². The van der Waals surface area contributed by atoms with Gasteiger partial charge in [-0.25, -0.2) is 0 Å². The van der Waals surface area contributed by atoms with Gasteiger partial charge in [-0.2, -0.15) is 0 Å². The van der Waals surface area contributed by atoms with Crippen molar-refractivity contribution in [2.45, 2.75) is 36.7 Å². The highest BCUT2D eigenvalue weighted by Gasteiger charge is 2.25. The quantitative estimate of drug-likeness (QED) is 0.787. The third-order valence-corrected chi connectivity index (χ3v) is 5.98. The van der Waals surface area contributed by atoms with Crippen LogP contribution in [0.25, 0.3) is 0 Å². The highest BCUT2D eigenvalue weighted by molar-refractivity contribution is 8.20. The van der Waals surface area contributed by atoms with E-state index in [1.54, 1.807) is 0 Å². The molecule has 1 N–H and O–H groups in total. The van der Waals surface area contributed by atoms with E-state index < -0.39 is 0 Å². The fourth-order valence-corrected chi connectivity index (χ4v) is 5.16. The van der Waals surface area contributed by atoms with E-state index in [0.717, 1.165) is 0 Å². The minimum atomic E-state index is 0.124. The number of thioether (sulfide) groups is 2. The highest BCUT2D eigenvalue weighted by atomic mass is 32.2. The molecular weight excluding hydrogens is 240 g/mol. The predicted octanol–water partition coefficient (Wildman–Crippen LogP) is 3.02. The van der Waals surface area contributed by atoms with Gasteiger partial charge in [-0.15, -0.1) is 23.5 Å². The van der Waals surface area contributed by atoms with Crippen LogP contribution in [0.2, 0.25) is 0 Å². The normalized spacial score (nSPS) is 22.4. The lowest BCUT2D eigenvalue weighted by atomic mass is 9.94. The van der Waals surface area contributed by atoms with Crippen LogP contribution in [-0.4, -0.2) is 34.4 Å². The second kappa shape index (κ2) is 6.82. The van der Waals surface area contributed by atoms with Crippen molar-refractivity contribution in [1.82, 2.24) is 0 Å². The Balaban J connectivity index is 2.04. The van der Waals surface area contributed by atoms with Crippen LogP contribution in [0.4, 0.5) is 0 Å². The lowest BCUT2D eigenvalue weighted by Crippen LogP contribution is -2.12. The molecule has 2 aliphatic rings. The maximum atomic E-state index is 8.90. The molecule has 0 bridgehead atoms. The van der Waals surface area contributed by atoms with E-state index in [9.17, 15) is 0 Å². The van der Waals surface area contributed by atoms with Crippen LogP contribution in [0.5, 0.6) is 0 Å². The van der Waals surface area contributed by atoms with Crippen molar-refractivity contribution in [3.05, 3.63) is 11.3 Å². The molecule has 0 aromatic carbocycles. The molecule has 2 fully saturated rings. The van der Waals surface area contributed by atoms with Crippen LogP contribution in [0, 0.1) is 0 Å². The number of rotatable bonds is 4. The van der Waals surface area contributed by atoms with Gasteiger partial charge >= 0.3 is 0 Å². The number of ether oxygens (including phenoxy) is 1. The fraction of sp³-hybridized carbons (Fsp3) is 0.833. The third kappa shape index (κ3) is 3.34. The van der Waals surface area contributed by atoms with Crippen LogP contribution < -0.4 is 0 Å². The minimum absolute atomic E-state index is 0.124. The van der Waals surface area contributed by atoms with E-state index in [1.165, 1.54) is 54.9 Å². The summed E-state index contributed by atoms with van der Waals surface area (Å²) >= 11 is 3.99. The third-order valence-electron chi connectivity index (χ3n) is 2.99. The van der Waals surface area contributed by atoms with Crippen LogP contribution in [-0.2, 0) is 4.74 Å². The average Bonchev–Trinajstić information content (AvgIpc) is 2.85. The molecule has 1 heterocycles. The summed E-state index contributed by atoms with van der Waals surface area (Å²) in [6.07, 6.45) is 6.39. The van der Waals surface area contributed by atoms with Gasteiger partial charge in [0.05, 0.1) is 6.61 Å². The zero-order valence-corrected chi connectivity index (χ0v) is 11.2. The van der Waals surface area contributed by atoms with Crippen molar-refractivity contribution in [3.63, 3.8) is 0 Å². The summed E-state index contributed by atoms with van der Waals surface area (Å²) < 4.78 is 6.30. The van der Waals surface area contributed by atoms with Crippen LogP contribution in [0.3, 0.4) is 0 Å². The number of allylic oxidation sites excluding steroid dienone is 1. The summed E-state index contributed by atoms with van der Waals surface area (Å²) in [6, 6.07) is 0. The zero-order valence-electron chi connectivity index (χ0n) is 9.61. The molecule has 4 heteroatoms. The Hall–Kier alpha value is 0.200. The van der Waals surface area contributed by atoms with Crippen molar-refractivity contribution in [2.24, 2.45) is 0 Å². The minimum Gasteiger partial charge on any atom is -0.494 e. The van der Waals surface area contributed by atoms with Gasteiger partial charge in [0.15, 0.2) is 0 Å². The predicted molar refractivity (Wildman–Crippen MR) is 71.9 cm³/mol. The lowest BCUT2D eigenvalue weighted by Gasteiger charge is -2.22. The smallest absolute Gasteiger partial charge is 0.118 e. The molecule has 92 valence electrons. The first kappa shape index (κ1) is 12.7. The van der Waals surface area contributed by atoms with Gasteiger partial charge in [-0.3, -0.25) is 0 Å². The summed E-state index contributed by atoms with van der Waals surface area (Å²) in [6.45, 7) is 0.579. The van der Waals surface area contributed by atoms with Gasteiger partial charge in [-0.05, 0) is 31.3 Å². The second-order valence-electron chi connectivity index (χ2n) is 4.17. The Morgan fingerprint density at radius 1 is 1.19 bits per heavy atom. The van der Waals surface area contributed by atoms with Gasteiger partial charge in [0.2, 0.25) is 0 Å². The molecule has 2 nitrogen and oxygen atoms in total. The summed E-state index contributed by atoms with van der Waals surface area (Å²) in [4.78, 5) is 0. The maximum Gasteiger partial charge on any atom is 0.118 e. The van der Waals surface area contributed by atoms with Gasteiger partial charge in [0.1, 0.15) is 16.9 Å². The summed E-state index contributed by atoms with van der Waals surface area (Å²) in [7, 11) is 0. The van der Waals surface area contributed by atoms with Gasteiger partial charge in [0.25, 0.3) is 0 Å². The Morgan fingerprint density at radius 3 is 2.50 bits per heavy atom. The van der Waals surface area contributed by atoms with E-state index in [0.29, 0.717) is 11.2 Å². The van der Waals surface area contributed by atoms with E-state index in [-0.39, 0.29) is 6.61 Å². The molecule has 0 amide bonds. The molecule has 0 unspecified atom stereocenters. The van der Waals surface area contributed by atoms with Crippen molar-refractivity contribution >= 4 is 23.5 Å². The van der Waals surface area contributed by atoms with Gasteiger partial charge < -0.3 is 9.84 Å². The molecule has 1 aliphatic carbocycles. The SMILES string of the molecule is OCCOC(=C1CCCCC1)C1SCCS1. The topological polar surface area (TPSA) is 29.5 Å². The Labute approximate surface area is 106 Å². The maximum absolute atomic E-state index is 8.90. The summed E-state index contributed by atoms with van der Waals surface area (Å²) in [5.74, 6) is 3.66. The average molecular weight is 260 g/mol. The van der Waals surface area contributed by atoms with Gasteiger partial charge in [0, 0.05) is 11.5 Å². The number of aliphatic hydroxyl groups excluding tert-OH is 1. The molecular formula is C12H20O2S2. The van der Waals surface area contributed by atoms with E-state index >= 15 is 0 Å². The summed E-state index contributed by atoms with van der Waals surface area (Å²) in [5.41, 5.74) is 1.52. The number of aliphatic hydroxyl groups is 1. The molecule has 1 saturated heterocycles. The van der Waals surface area contributed by atoms with Crippen molar-refractivity contribution in [2.75, 3.05) is 24.7 Å². The first-order valence-corrected chi connectivity index (χ1v) is 8.20. The molecule has 0 aromatic heterocycles. The molecule has 1 aliphatic heterocycles. The first-order valence-electron chi connectivity index (χ1n) is 6.10. The Morgan fingerprint density at radius 2 is 1.88 bits per heavy atom. The molecule has 0 aromatic rings. The fourth-order valence-electron chi connectivity index (χ4n) is 2.23. The second-order valence-corrected chi connectivity index (χ2v) is 6.90. The van der Waals surface area contributed by atoms with Crippen LogP contribution in [0.15, 0.2) is 11.3 Å². The molecule has 0 radical (unpaired) electrons. The van der Waals surface area contributed by atoms with E-state index in [2.05, 4.69) is 0 Å². The lowest BCUT2D eigenvalue weighted by molar-refractivity contribution is 0.142. The van der Waals surface area contributed by atoms with Crippen molar-refractivity contribution < 1.29 is 9.84 Å². The van der Waals surface area contributed by atoms with E-state index in [4.69, 9.17) is 9.84 Å². The largest absolute Gasteiger partial charge is 0.494 e. The molecule has 2 rings (SSSR count). The first-order chi connectivity index (χ1) is 7.92. The monoisotopic (exact) mass is 260 g/mol. The zero-order chi connectivity index (χ0) is 11.2. The molecule has 16 heavy (non-hydrogen) atoms. The number of hydrogen-bond acceptors (Lipinski definition) is 4. The highest BCUT2D eigenvalue weighted by Crippen LogP contribution is 2.41. The Kier molecular flexibility index (Phi) is 5.39. The van der Waals surface area contributed by atoms with E-state index in [1.807, 2.05) is 23.5 Å². The number of hydrogen-bond donors (Lipinski definition) is 1. The van der Waals surface area contributed by atoms with Crippen LogP contribution >= 0.6 is 23.5 Å². The molecule has 0 spiro atoms. The molecule has 0 atom stereocenters. The van der Waals surface area contributed by atoms with Crippen LogP contribution in [0.1, 0.15) is 32.1 Å². The summed E-state index contributed by atoms with van der Waals surface area (Å²) in [5, 5.41) is 8.90. The standard InChI is InChI=1S/C12H20O2S2/c13-6-7-14-11(12-15-8-9-16-12)10-4-2-1-3-5-10/h12-13H,1-9H2. The Bertz CT molecular complexity index is 239. The van der Waals surface area contributed by atoms with Crippen molar-refractivity contribution in [3.8, 4) is 0 Å². The van der Waals surface area contributed by atoms with Gasteiger partial charge in [-0.1, -0.05) is 6.42 Å². The molecule has 1 saturated carbocycles.